The van der Waals surface area contributed by atoms with Gasteiger partial charge in [-0.05, 0) is 0 Å². The fourth-order valence-corrected chi connectivity index (χ4v) is 0. The van der Waals surface area contributed by atoms with Gasteiger partial charge in [-0.1, -0.05) is 41.5 Å². The molecule has 0 radical (unpaired) electrons. The van der Waals surface area contributed by atoms with Gasteiger partial charge in [0.2, 0.25) is 0 Å². The molecule has 0 saturated carbocycles. The van der Waals surface area contributed by atoms with Crippen LogP contribution in [0.15, 0.2) is 0 Å². The Morgan fingerprint density at radius 2 is 0.571 bits per heavy atom. The molecule has 0 N–H and O–H groups in total. The van der Waals surface area contributed by atoms with Crippen molar-refractivity contribution < 1.29 is 41.7 Å². The zero-order chi connectivity index (χ0) is 10.7. The van der Waals surface area contributed by atoms with Crippen LogP contribution in [0.5, 0.6) is 0 Å². The largest absolute Gasteiger partial charge is 4.00 e. The minimum atomic E-state index is -0.417. The number of rotatable bonds is 0. The van der Waals surface area contributed by atoms with Gasteiger partial charge in [-0.3, -0.25) is 0 Å². The second-order valence-corrected chi connectivity index (χ2v) is 3.15. The second-order valence-electron chi connectivity index (χ2n) is 3.15. The average Bonchev–Trinajstić information content (AvgIpc) is 1.54. The molecule has 0 fully saturated rings. The molecule has 0 amide bonds. The van der Waals surface area contributed by atoms with Gasteiger partial charge in [-0.2, -0.15) is 0 Å². The Balaban J connectivity index is -0.0000000270. The Kier molecular flexibility index (Phi) is 48.9. The third kappa shape index (κ3) is 6050. The van der Waals surface area contributed by atoms with Crippen molar-refractivity contribution in [3.8, 4) is 0 Å². The number of hydrogen-bond donors (Lipinski definition) is 0. The molecule has 0 spiro atoms. The van der Waals surface area contributed by atoms with Gasteiger partial charge in [-0.25, -0.2) is 0 Å². The van der Waals surface area contributed by atoms with E-state index in [1.165, 1.54) is 0 Å². The minimum absolute atomic E-state index is 0. The molecule has 0 aliphatic carbocycles. The van der Waals surface area contributed by atoms with Crippen LogP contribution in [0.4, 0.5) is 0 Å². The fourth-order valence-electron chi connectivity index (χ4n) is 0. The summed E-state index contributed by atoms with van der Waals surface area (Å²) in [6, 6.07) is 0. The maximum Gasteiger partial charge on any atom is 4.00 e. The van der Waals surface area contributed by atoms with Crippen LogP contribution in [0.3, 0.4) is 0 Å². The van der Waals surface area contributed by atoms with Crippen LogP contribution in [0.2, 0.25) is 0 Å². The van der Waals surface area contributed by atoms with Gasteiger partial charge in [0.05, 0.1) is 0 Å². The molecular formula is C9H21FO3Ti. The SMILES string of the molecule is CC(C)[O-].CC(C)[O-].CC(C)[O-].[F-].[Ti+4]. The third-order valence-electron chi connectivity index (χ3n) is 0. The van der Waals surface area contributed by atoms with Crippen molar-refractivity contribution in [3.63, 3.8) is 0 Å². The van der Waals surface area contributed by atoms with Crippen LogP contribution in [0, 0.1) is 0 Å². The molecule has 0 rings (SSSR count). The van der Waals surface area contributed by atoms with E-state index in [9.17, 15) is 15.3 Å². The normalized spacial score (nSPS) is 7.71. The molecule has 5 heteroatoms. The van der Waals surface area contributed by atoms with Gasteiger partial charge >= 0.3 is 21.7 Å². The molecule has 0 aliphatic heterocycles. The van der Waals surface area contributed by atoms with Crippen LogP contribution < -0.4 is 20.0 Å². The third-order valence-corrected chi connectivity index (χ3v) is 0. The Bertz CT molecular complexity index is 48.5. The number of halogens is 1. The van der Waals surface area contributed by atoms with E-state index in [1.807, 2.05) is 0 Å². The van der Waals surface area contributed by atoms with Crippen molar-refractivity contribution in [3.05, 3.63) is 0 Å². The summed E-state index contributed by atoms with van der Waals surface area (Å²) in [6.45, 7) is 9.67. The summed E-state index contributed by atoms with van der Waals surface area (Å²) in [7, 11) is 0. The van der Waals surface area contributed by atoms with E-state index >= 15 is 0 Å². The smallest absolute Gasteiger partial charge is 1.00 e. The number of hydrogen-bond acceptors (Lipinski definition) is 3. The Hall–Kier alpha value is 0.524. The molecule has 14 heavy (non-hydrogen) atoms. The van der Waals surface area contributed by atoms with Crippen LogP contribution >= 0.6 is 0 Å². The van der Waals surface area contributed by atoms with Crippen LogP contribution in [0.1, 0.15) is 41.5 Å². The molecule has 0 saturated heterocycles. The van der Waals surface area contributed by atoms with Crippen LogP contribution in [-0.2, 0) is 21.7 Å². The van der Waals surface area contributed by atoms with E-state index in [0.29, 0.717) is 0 Å². The first-order valence-electron chi connectivity index (χ1n) is 4.17. The van der Waals surface area contributed by atoms with Crippen molar-refractivity contribution in [1.82, 2.24) is 0 Å². The summed E-state index contributed by atoms with van der Waals surface area (Å²) in [5.74, 6) is 0. The van der Waals surface area contributed by atoms with E-state index in [0.717, 1.165) is 0 Å². The van der Waals surface area contributed by atoms with Crippen molar-refractivity contribution in [1.29, 1.82) is 0 Å². The summed E-state index contributed by atoms with van der Waals surface area (Å²) in [4.78, 5) is 0. The van der Waals surface area contributed by atoms with Crippen LogP contribution in [-0.4, -0.2) is 18.3 Å². The molecule has 0 aromatic carbocycles. The van der Waals surface area contributed by atoms with Gasteiger partial charge in [-0.15, -0.1) is 18.3 Å². The Morgan fingerprint density at radius 1 is 0.571 bits per heavy atom. The topological polar surface area (TPSA) is 69.2 Å². The first-order valence-corrected chi connectivity index (χ1v) is 4.17. The standard InChI is InChI=1S/3C3H7O.FH.Ti/c3*1-3(2)4;;/h3*3H,1-2H3;1H;/q3*-1;;+4/p-1. The summed E-state index contributed by atoms with van der Waals surface area (Å²) < 4.78 is 0. The summed E-state index contributed by atoms with van der Waals surface area (Å²) in [5.41, 5.74) is 0. The van der Waals surface area contributed by atoms with Crippen molar-refractivity contribution in [2.45, 2.75) is 59.9 Å². The maximum absolute atomic E-state index is 9.53. The van der Waals surface area contributed by atoms with Crippen molar-refractivity contribution >= 4 is 0 Å². The molecule has 0 aromatic rings. The fraction of sp³-hybridized carbons (Fsp3) is 1.00. The van der Waals surface area contributed by atoms with Gasteiger partial charge in [0, 0.05) is 0 Å². The van der Waals surface area contributed by atoms with Gasteiger partial charge in [0.15, 0.2) is 0 Å². The molecule has 0 atom stereocenters. The summed E-state index contributed by atoms with van der Waals surface area (Å²) in [5, 5.41) is 28.6. The van der Waals surface area contributed by atoms with E-state index in [1.54, 1.807) is 41.5 Å². The average molecular weight is 244 g/mol. The summed E-state index contributed by atoms with van der Waals surface area (Å²) in [6.07, 6.45) is -1.25. The molecule has 0 bridgehead atoms. The minimum Gasteiger partial charge on any atom is -1.00 e. The predicted molar refractivity (Wildman–Crippen MR) is 45.4 cm³/mol. The molecule has 3 nitrogen and oxygen atoms in total. The zero-order valence-electron chi connectivity index (χ0n) is 9.83. The molecule has 0 aromatic heterocycles. The molecule has 0 unspecified atom stereocenters. The first-order chi connectivity index (χ1) is 5.20. The van der Waals surface area contributed by atoms with Gasteiger partial charge in [0.1, 0.15) is 0 Å². The predicted octanol–water partition coefficient (Wildman–Crippen LogP) is -3.73. The summed E-state index contributed by atoms with van der Waals surface area (Å²) >= 11 is 0. The monoisotopic (exact) mass is 244 g/mol. The Morgan fingerprint density at radius 3 is 0.571 bits per heavy atom. The molecule has 86 valence electrons. The first kappa shape index (κ1) is 29.3. The molecule has 0 aliphatic rings. The van der Waals surface area contributed by atoms with Crippen molar-refractivity contribution in [2.24, 2.45) is 0 Å². The van der Waals surface area contributed by atoms with E-state index in [-0.39, 0.29) is 26.4 Å². The zero-order valence-corrected chi connectivity index (χ0v) is 11.4. The quantitative estimate of drug-likeness (QED) is 0.411. The maximum atomic E-state index is 9.53. The Labute approximate surface area is 102 Å². The van der Waals surface area contributed by atoms with E-state index < -0.39 is 18.3 Å². The molecule has 0 heterocycles. The second kappa shape index (κ2) is 23.4. The molecular weight excluding hydrogens is 223 g/mol. The van der Waals surface area contributed by atoms with Gasteiger partial charge < -0.3 is 20.0 Å². The van der Waals surface area contributed by atoms with Crippen LogP contribution in [0.25, 0.3) is 0 Å². The van der Waals surface area contributed by atoms with E-state index in [4.69, 9.17) is 0 Å². The van der Waals surface area contributed by atoms with E-state index in [2.05, 4.69) is 0 Å². The van der Waals surface area contributed by atoms with Crippen molar-refractivity contribution in [2.75, 3.05) is 0 Å². The van der Waals surface area contributed by atoms with Gasteiger partial charge in [0.25, 0.3) is 0 Å².